The van der Waals surface area contributed by atoms with Crippen LogP contribution in [0, 0.1) is 23.7 Å². The summed E-state index contributed by atoms with van der Waals surface area (Å²) in [6.45, 7) is 0.709. The molecule has 4 atom stereocenters. The van der Waals surface area contributed by atoms with Gasteiger partial charge in [-0.25, -0.2) is 0 Å². The quantitative estimate of drug-likeness (QED) is 0.416. The Morgan fingerprint density at radius 2 is 1.05 bits per heavy atom. The zero-order chi connectivity index (χ0) is 14.9. The fraction of sp³-hybridized carbons (Fsp3) is 0.895. The summed E-state index contributed by atoms with van der Waals surface area (Å²) >= 11 is 0. The van der Waals surface area contributed by atoms with Crippen LogP contribution in [0.4, 0.5) is 0 Å². The maximum Gasteiger partial charge on any atom is 0.0431 e. The molecule has 0 spiro atoms. The van der Waals surface area contributed by atoms with Gasteiger partial charge in [0.05, 0.1) is 0 Å². The second kappa shape index (κ2) is 9.63. The standard InChI is InChI=1S/C19H34O2/c20-13-7-3-1-5-9-18-16-11-12-17(15-16)19(18)10-6-2-4-8-14-21/h11-12,16-21H,1-10,13-15H2. The van der Waals surface area contributed by atoms with Crippen LogP contribution in [0.15, 0.2) is 12.2 Å². The maximum atomic E-state index is 8.84. The zero-order valence-corrected chi connectivity index (χ0v) is 13.6. The lowest BCUT2D eigenvalue weighted by Crippen LogP contribution is -2.19. The van der Waals surface area contributed by atoms with Gasteiger partial charge in [0.25, 0.3) is 0 Å². The number of rotatable bonds is 12. The summed E-state index contributed by atoms with van der Waals surface area (Å²) in [7, 11) is 0. The van der Waals surface area contributed by atoms with Gasteiger partial charge in [-0.3, -0.25) is 0 Å². The van der Waals surface area contributed by atoms with Gasteiger partial charge in [0, 0.05) is 13.2 Å². The summed E-state index contributed by atoms with van der Waals surface area (Å²) in [5, 5.41) is 17.7. The van der Waals surface area contributed by atoms with Crippen LogP contribution in [-0.4, -0.2) is 23.4 Å². The lowest BCUT2D eigenvalue weighted by Gasteiger charge is -2.28. The van der Waals surface area contributed by atoms with Gasteiger partial charge in [-0.15, -0.1) is 0 Å². The molecule has 1 fully saturated rings. The van der Waals surface area contributed by atoms with E-state index in [9.17, 15) is 0 Å². The van der Waals surface area contributed by atoms with Crippen LogP contribution < -0.4 is 0 Å². The smallest absolute Gasteiger partial charge is 0.0431 e. The molecule has 2 aliphatic carbocycles. The molecule has 0 aromatic rings. The highest BCUT2D eigenvalue weighted by Crippen LogP contribution is 2.51. The van der Waals surface area contributed by atoms with Crippen LogP contribution in [0.25, 0.3) is 0 Å². The lowest BCUT2D eigenvalue weighted by atomic mass is 9.77. The molecule has 0 amide bonds. The highest BCUT2D eigenvalue weighted by molar-refractivity contribution is 5.13. The molecule has 2 heteroatoms. The van der Waals surface area contributed by atoms with E-state index < -0.39 is 0 Å². The first-order chi connectivity index (χ1) is 10.4. The molecule has 0 heterocycles. The molecule has 0 radical (unpaired) electrons. The topological polar surface area (TPSA) is 40.5 Å². The number of hydrogen-bond acceptors (Lipinski definition) is 2. The van der Waals surface area contributed by atoms with Crippen LogP contribution in [0.1, 0.15) is 70.6 Å². The van der Waals surface area contributed by atoms with Gasteiger partial charge in [-0.05, 0) is 55.8 Å². The van der Waals surface area contributed by atoms with Crippen LogP contribution >= 0.6 is 0 Å². The van der Waals surface area contributed by atoms with E-state index >= 15 is 0 Å². The van der Waals surface area contributed by atoms with Crippen molar-refractivity contribution >= 4 is 0 Å². The largest absolute Gasteiger partial charge is 0.396 e. The van der Waals surface area contributed by atoms with E-state index in [1.165, 1.54) is 57.8 Å². The van der Waals surface area contributed by atoms with Gasteiger partial charge in [-0.2, -0.15) is 0 Å². The summed E-state index contributed by atoms with van der Waals surface area (Å²) in [6.07, 6.45) is 18.8. The minimum atomic E-state index is 0.354. The van der Waals surface area contributed by atoms with Gasteiger partial charge in [0.15, 0.2) is 0 Å². The second-order valence-corrected chi connectivity index (χ2v) is 7.13. The van der Waals surface area contributed by atoms with E-state index in [0.717, 1.165) is 36.5 Å². The summed E-state index contributed by atoms with van der Waals surface area (Å²) in [5.41, 5.74) is 0. The van der Waals surface area contributed by atoms with Crippen molar-refractivity contribution in [2.24, 2.45) is 23.7 Å². The average molecular weight is 294 g/mol. The molecule has 0 aromatic heterocycles. The number of hydrogen-bond donors (Lipinski definition) is 2. The van der Waals surface area contributed by atoms with Crippen molar-refractivity contribution in [1.29, 1.82) is 0 Å². The Hall–Kier alpha value is -0.340. The predicted molar refractivity (Wildman–Crippen MR) is 88.1 cm³/mol. The van der Waals surface area contributed by atoms with Crippen molar-refractivity contribution in [3.05, 3.63) is 12.2 Å². The minimum Gasteiger partial charge on any atom is -0.396 e. The number of unbranched alkanes of at least 4 members (excludes halogenated alkanes) is 6. The zero-order valence-electron chi connectivity index (χ0n) is 13.6. The fourth-order valence-corrected chi connectivity index (χ4v) is 4.57. The molecule has 21 heavy (non-hydrogen) atoms. The maximum absolute atomic E-state index is 8.84. The number of aliphatic hydroxyl groups excluding tert-OH is 2. The summed E-state index contributed by atoms with van der Waals surface area (Å²) < 4.78 is 0. The molecular weight excluding hydrogens is 260 g/mol. The van der Waals surface area contributed by atoms with Crippen LogP contribution in [-0.2, 0) is 0 Å². The molecule has 2 bridgehead atoms. The van der Waals surface area contributed by atoms with Crippen molar-refractivity contribution in [3.63, 3.8) is 0 Å². The Morgan fingerprint density at radius 1 is 0.619 bits per heavy atom. The Bertz CT molecular complexity index is 272. The van der Waals surface area contributed by atoms with E-state index in [2.05, 4.69) is 12.2 Å². The van der Waals surface area contributed by atoms with Crippen LogP contribution in [0.2, 0.25) is 0 Å². The second-order valence-electron chi connectivity index (χ2n) is 7.13. The Kier molecular flexibility index (Phi) is 7.81. The Morgan fingerprint density at radius 3 is 1.48 bits per heavy atom. The van der Waals surface area contributed by atoms with Gasteiger partial charge < -0.3 is 10.2 Å². The number of fused-ring (bicyclic) bond motifs is 2. The molecule has 4 unspecified atom stereocenters. The van der Waals surface area contributed by atoms with Gasteiger partial charge >= 0.3 is 0 Å². The summed E-state index contributed by atoms with van der Waals surface area (Å²) in [6, 6.07) is 0. The molecule has 122 valence electrons. The summed E-state index contributed by atoms with van der Waals surface area (Å²) in [4.78, 5) is 0. The van der Waals surface area contributed by atoms with Gasteiger partial charge in [0.1, 0.15) is 0 Å². The highest BCUT2D eigenvalue weighted by atomic mass is 16.3. The van der Waals surface area contributed by atoms with Crippen molar-refractivity contribution in [2.45, 2.75) is 70.6 Å². The minimum absolute atomic E-state index is 0.354. The lowest BCUT2D eigenvalue weighted by molar-refractivity contribution is 0.252. The molecule has 2 N–H and O–H groups in total. The molecule has 2 rings (SSSR count). The van der Waals surface area contributed by atoms with Crippen molar-refractivity contribution < 1.29 is 10.2 Å². The van der Waals surface area contributed by atoms with Gasteiger partial charge in [-0.1, -0.05) is 50.7 Å². The van der Waals surface area contributed by atoms with Gasteiger partial charge in [0.2, 0.25) is 0 Å². The third-order valence-electron chi connectivity index (χ3n) is 5.69. The molecule has 1 saturated carbocycles. The predicted octanol–water partition coefficient (Wildman–Crippen LogP) is 4.31. The van der Waals surface area contributed by atoms with E-state index in [0.29, 0.717) is 13.2 Å². The number of aliphatic hydroxyl groups is 2. The van der Waals surface area contributed by atoms with E-state index in [1.54, 1.807) is 0 Å². The molecular formula is C19H34O2. The van der Waals surface area contributed by atoms with Crippen LogP contribution in [0.3, 0.4) is 0 Å². The fourth-order valence-electron chi connectivity index (χ4n) is 4.57. The first kappa shape index (κ1) is 17.0. The molecule has 2 nitrogen and oxygen atoms in total. The van der Waals surface area contributed by atoms with Crippen molar-refractivity contribution in [3.8, 4) is 0 Å². The molecule has 0 aliphatic heterocycles. The first-order valence-corrected chi connectivity index (χ1v) is 9.27. The normalized spacial score (nSPS) is 30.4. The SMILES string of the molecule is OCCCCCCC1C2C=CC(C2)C1CCCCCCO. The third-order valence-corrected chi connectivity index (χ3v) is 5.69. The number of allylic oxidation sites excluding steroid dienone is 2. The van der Waals surface area contributed by atoms with E-state index in [1.807, 2.05) is 0 Å². The molecule has 2 aliphatic rings. The van der Waals surface area contributed by atoms with E-state index in [4.69, 9.17) is 10.2 Å². The average Bonchev–Trinajstić information content (AvgIpc) is 3.09. The molecule has 0 saturated heterocycles. The third kappa shape index (κ3) is 5.10. The van der Waals surface area contributed by atoms with Crippen molar-refractivity contribution in [2.75, 3.05) is 13.2 Å². The van der Waals surface area contributed by atoms with Crippen LogP contribution in [0.5, 0.6) is 0 Å². The Labute approximate surface area is 130 Å². The summed E-state index contributed by atoms with van der Waals surface area (Å²) in [5.74, 6) is 3.62. The van der Waals surface area contributed by atoms with E-state index in [-0.39, 0.29) is 0 Å². The van der Waals surface area contributed by atoms with Crippen molar-refractivity contribution in [1.82, 2.24) is 0 Å². The Balaban J connectivity index is 1.66. The first-order valence-electron chi connectivity index (χ1n) is 9.27. The highest BCUT2D eigenvalue weighted by Gasteiger charge is 2.42. The molecule has 0 aromatic carbocycles. The monoisotopic (exact) mass is 294 g/mol.